The zero-order valence-corrected chi connectivity index (χ0v) is 21.8. The molecule has 1 unspecified atom stereocenters. The number of rotatable bonds is 9. The fourth-order valence-corrected chi connectivity index (χ4v) is 4.40. The number of amides is 1. The van der Waals surface area contributed by atoms with E-state index in [4.69, 9.17) is 21.1 Å². The third-order valence-electron chi connectivity index (χ3n) is 6.22. The van der Waals surface area contributed by atoms with Gasteiger partial charge in [-0.05, 0) is 30.5 Å². The molecule has 1 aliphatic rings. The number of alkyl halides is 3. The number of ether oxygens (including phenoxy) is 2. The van der Waals surface area contributed by atoms with Crippen LogP contribution in [0.15, 0.2) is 36.7 Å². The van der Waals surface area contributed by atoms with E-state index >= 15 is 0 Å². The van der Waals surface area contributed by atoms with Crippen molar-refractivity contribution in [3.05, 3.63) is 58.6 Å². The summed E-state index contributed by atoms with van der Waals surface area (Å²) < 4.78 is 50.0. The lowest BCUT2D eigenvalue weighted by atomic mass is 10.1. The molecule has 0 bridgehead atoms. The highest BCUT2D eigenvalue weighted by atomic mass is 35.5. The first-order chi connectivity index (χ1) is 18.1. The molecular weight excluding hydrogens is 523 g/mol. The van der Waals surface area contributed by atoms with Crippen LogP contribution < -0.4 is 10.1 Å². The zero-order valence-electron chi connectivity index (χ0n) is 21.1. The van der Waals surface area contributed by atoms with Crippen molar-refractivity contribution in [1.29, 1.82) is 0 Å². The van der Waals surface area contributed by atoms with Gasteiger partial charge >= 0.3 is 6.18 Å². The molecule has 1 N–H and O–H groups in total. The van der Waals surface area contributed by atoms with Crippen LogP contribution in [0.5, 0.6) is 5.88 Å². The van der Waals surface area contributed by atoms with Gasteiger partial charge in [0.15, 0.2) is 0 Å². The number of carbonyl (C=O) groups is 1. The second-order valence-corrected chi connectivity index (χ2v) is 9.79. The van der Waals surface area contributed by atoms with E-state index in [-0.39, 0.29) is 17.1 Å². The van der Waals surface area contributed by atoms with E-state index in [2.05, 4.69) is 34.1 Å². The predicted molar refractivity (Wildman–Crippen MR) is 136 cm³/mol. The molecule has 12 heteroatoms. The predicted octanol–water partition coefficient (Wildman–Crippen LogP) is 4.93. The van der Waals surface area contributed by atoms with Gasteiger partial charge in [-0.25, -0.2) is 15.0 Å². The van der Waals surface area contributed by atoms with Gasteiger partial charge in [0.05, 0.1) is 42.0 Å². The molecular formula is C26H29ClF3N5O3. The minimum absolute atomic E-state index is 0.101. The number of hydrogen-bond acceptors (Lipinski definition) is 7. The Balaban J connectivity index is 1.54. The lowest BCUT2D eigenvalue weighted by Crippen LogP contribution is -2.44. The number of nitrogens with one attached hydrogen (secondary N) is 1. The fraction of sp³-hybridized carbons (Fsp3) is 0.462. The molecule has 3 aromatic rings. The number of hydrogen-bond donors (Lipinski definition) is 1. The van der Waals surface area contributed by atoms with Crippen molar-refractivity contribution in [3.8, 4) is 5.88 Å². The average Bonchev–Trinajstić information content (AvgIpc) is 2.89. The van der Waals surface area contributed by atoms with Gasteiger partial charge in [0, 0.05) is 49.0 Å². The smallest absolute Gasteiger partial charge is 0.451 e. The minimum Gasteiger partial charge on any atom is -0.478 e. The summed E-state index contributed by atoms with van der Waals surface area (Å²) in [4.78, 5) is 26.9. The summed E-state index contributed by atoms with van der Waals surface area (Å²) >= 11 is 6.42. The Morgan fingerprint density at radius 2 is 1.87 bits per heavy atom. The highest BCUT2D eigenvalue weighted by Crippen LogP contribution is 2.29. The summed E-state index contributed by atoms with van der Waals surface area (Å²) in [5.74, 6) is -0.683. The molecule has 0 saturated carbocycles. The SMILES string of the molecule is CC(C)CCOc1ccc2c(C(=O)NCC(c3cnc(C(F)(F)F)nc3)N3CCOCC3)c(Cl)ccc2n1. The highest BCUT2D eigenvalue weighted by Gasteiger charge is 2.35. The lowest BCUT2D eigenvalue weighted by Gasteiger charge is -2.34. The monoisotopic (exact) mass is 551 g/mol. The normalized spacial score (nSPS) is 15.6. The number of pyridine rings is 1. The Morgan fingerprint density at radius 3 is 2.53 bits per heavy atom. The van der Waals surface area contributed by atoms with Crippen LogP contribution in [-0.2, 0) is 10.9 Å². The van der Waals surface area contributed by atoms with Crippen LogP contribution in [0, 0.1) is 5.92 Å². The van der Waals surface area contributed by atoms with Gasteiger partial charge in [0.2, 0.25) is 11.7 Å². The number of halogens is 4. The van der Waals surface area contributed by atoms with Crippen molar-refractivity contribution >= 4 is 28.4 Å². The third-order valence-corrected chi connectivity index (χ3v) is 6.53. The molecule has 38 heavy (non-hydrogen) atoms. The number of benzene rings is 1. The average molecular weight is 552 g/mol. The fourth-order valence-electron chi connectivity index (χ4n) is 4.15. The van der Waals surface area contributed by atoms with Crippen LogP contribution in [0.25, 0.3) is 10.9 Å². The van der Waals surface area contributed by atoms with Gasteiger partial charge in [-0.15, -0.1) is 0 Å². The van der Waals surface area contributed by atoms with E-state index < -0.39 is 23.9 Å². The molecule has 1 atom stereocenters. The molecule has 0 radical (unpaired) electrons. The van der Waals surface area contributed by atoms with Crippen LogP contribution in [0.4, 0.5) is 13.2 Å². The first kappa shape index (κ1) is 28.0. The lowest BCUT2D eigenvalue weighted by molar-refractivity contribution is -0.145. The summed E-state index contributed by atoms with van der Waals surface area (Å²) in [6, 6.07) is 6.31. The zero-order chi connectivity index (χ0) is 27.3. The standard InChI is InChI=1S/C26H29ClF3N5O3/c1-16(2)7-10-38-22-6-3-18-20(34-22)5-4-19(27)23(18)24(36)31-15-21(35-8-11-37-12-9-35)17-13-32-25(33-14-17)26(28,29)30/h3-6,13-14,16,21H,7-12,15H2,1-2H3,(H,31,36). The number of carbonyl (C=O) groups excluding carboxylic acids is 1. The first-order valence-electron chi connectivity index (χ1n) is 12.3. The highest BCUT2D eigenvalue weighted by molar-refractivity contribution is 6.35. The van der Waals surface area contributed by atoms with E-state index in [1.165, 1.54) is 0 Å². The van der Waals surface area contributed by atoms with Crippen molar-refractivity contribution in [2.24, 2.45) is 5.92 Å². The largest absolute Gasteiger partial charge is 0.478 e. The summed E-state index contributed by atoms with van der Waals surface area (Å²) in [6.07, 6.45) is -1.45. The van der Waals surface area contributed by atoms with Gasteiger partial charge in [-0.3, -0.25) is 9.69 Å². The summed E-state index contributed by atoms with van der Waals surface area (Å²) in [5, 5.41) is 3.71. The van der Waals surface area contributed by atoms with Crippen LogP contribution >= 0.6 is 11.6 Å². The van der Waals surface area contributed by atoms with Crippen molar-refractivity contribution in [2.75, 3.05) is 39.5 Å². The maximum Gasteiger partial charge on any atom is 0.451 e. The van der Waals surface area contributed by atoms with Crippen molar-refractivity contribution in [1.82, 2.24) is 25.2 Å². The van der Waals surface area contributed by atoms with Gasteiger partial charge in [0.25, 0.3) is 5.91 Å². The number of fused-ring (bicyclic) bond motifs is 1. The number of aromatic nitrogens is 3. The van der Waals surface area contributed by atoms with Gasteiger partial charge in [-0.1, -0.05) is 25.4 Å². The Kier molecular flexibility index (Phi) is 9.01. The maximum absolute atomic E-state index is 13.3. The number of nitrogens with zero attached hydrogens (tertiary/aromatic N) is 4. The summed E-state index contributed by atoms with van der Waals surface area (Å²) in [6.45, 7) is 6.87. The maximum atomic E-state index is 13.3. The first-order valence-corrected chi connectivity index (χ1v) is 12.7. The van der Waals surface area contributed by atoms with E-state index in [0.717, 1.165) is 18.8 Å². The van der Waals surface area contributed by atoms with Gasteiger partial charge in [-0.2, -0.15) is 13.2 Å². The van der Waals surface area contributed by atoms with Crippen LogP contribution in [0.2, 0.25) is 5.02 Å². The van der Waals surface area contributed by atoms with Crippen molar-refractivity contribution < 1.29 is 27.4 Å². The molecule has 0 aliphatic carbocycles. The molecule has 1 aliphatic heterocycles. The van der Waals surface area contributed by atoms with E-state index in [0.29, 0.717) is 61.2 Å². The van der Waals surface area contributed by atoms with Crippen LogP contribution in [-0.4, -0.2) is 65.2 Å². The molecule has 204 valence electrons. The molecule has 0 spiro atoms. The quantitative estimate of drug-likeness (QED) is 0.403. The molecule has 1 aromatic carbocycles. The summed E-state index contributed by atoms with van der Waals surface area (Å²) in [5.41, 5.74) is 1.27. The van der Waals surface area contributed by atoms with Crippen LogP contribution in [0.1, 0.15) is 48.1 Å². The number of morpholine rings is 1. The second kappa shape index (κ2) is 12.2. The Hall–Kier alpha value is -3.02. The van der Waals surface area contributed by atoms with E-state index in [9.17, 15) is 18.0 Å². The Labute approximate surface area is 223 Å². The van der Waals surface area contributed by atoms with E-state index in [1.807, 2.05) is 4.90 Å². The molecule has 1 fully saturated rings. The topological polar surface area (TPSA) is 89.5 Å². The van der Waals surface area contributed by atoms with Crippen molar-refractivity contribution in [2.45, 2.75) is 32.5 Å². The van der Waals surface area contributed by atoms with Crippen LogP contribution in [0.3, 0.4) is 0 Å². The van der Waals surface area contributed by atoms with Crippen molar-refractivity contribution in [3.63, 3.8) is 0 Å². The third kappa shape index (κ3) is 6.89. The Morgan fingerprint density at radius 1 is 1.16 bits per heavy atom. The van der Waals surface area contributed by atoms with Gasteiger partial charge in [0.1, 0.15) is 0 Å². The van der Waals surface area contributed by atoms with E-state index in [1.54, 1.807) is 24.3 Å². The van der Waals surface area contributed by atoms with Gasteiger partial charge < -0.3 is 14.8 Å². The molecule has 8 nitrogen and oxygen atoms in total. The summed E-state index contributed by atoms with van der Waals surface area (Å²) in [7, 11) is 0. The molecule has 1 saturated heterocycles. The molecule has 3 heterocycles. The second-order valence-electron chi connectivity index (χ2n) is 9.38. The minimum atomic E-state index is -4.64. The molecule has 4 rings (SSSR count). The molecule has 2 aromatic heterocycles. The molecule has 1 amide bonds. The Bertz CT molecular complexity index is 1250.